The molecule has 0 aliphatic heterocycles. The number of carbonyl (C=O) groups is 2. The Morgan fingerprint density at radius 2 is 2.04 bits per heavy atom. The summed E-state index contributed by atoms with van der Waals surface area (Å²) in [4.78, 5) is 26.9. The molecule has 0 saturated carbocycles. The summed E-state index contributed by atoms with van der Waals surface area (Å²) in [6.07, 6.45) is 3.10. The minimum Gasteiger partial charge on any atom is -0.544 e. The molecule has 1 aromatic heterocycles. The molecule has 1 N–H and O–H groups in total. The van der Waals surface area contributed by atoms with Gasteiger partial charge >= 0.3 is 5.97 Å². The maximum absolute atomic E-state index is 11.4. The van der Waals surface area contributed by atoms with Gasteiger partial charge in [-0.3, -0.25) is 5.10 Å². The van der Waals surface area contributed by atoms with Crippen molar-refractivity contribution in [1.82, 2.24) is 15.2 Å². The van der Waals surface area contributed by atoms with E-state index >= 15 is 0 Å². The van der Waals surface area contributed by atoms with Gasteiger partial charge in [0.05, 0.1) is 18.6 Å². The number of aliphatic carboxylic acids is 1. The third-order valence-electron chi connectivity index (χ3n) is 3.03. The van der Waals surface area contributed by atoms with Crippen LogP contribution in [-0.2, 0) is 16.0 Å². The zero-order valence-corrected chi connectivity index (χ0v) is 14.1. The fourth-order valence-electron chi connectivity index (χ4n) is 1.89. The van der Waals surface area contributed by atoms with Gasteiger partial charge in [-0.25, -0.2) is 9.78 Å². The van der Waals surface area contributed by atoms with E-state index in [9.17, 15) is 14.7 Å². The number of carbonyl (C=O) groups excluding carboxylic acids is 2. The second-order valence-electron chi connectivity index (χ2n) is 4.83. The highest BCUT2D eigenvalue weighted by atomic mass is 32.2. The summed E-state index contributed by atoms with van der Waals surface area (Å²) in [5.41, 5.74) is 0.995. The first kappa shape index (κ1) is 17.7. The molecule has 0 fully saturated rings. The molecule has 0 amide bonds. The first-order valence-corrected chi connectivity index (χ1v) is 8.05. The molecule has 126 valence electrons. The monoisotopic (exact) mass is 346 g/mol. The Kier molecular flexibility index (Phi) is 6.14. The zero-order valence-electron chi connectivity index (χ0n) is 13.2. The maximum Gasteiger partial charge on any atom is 0.337 e. The smallest absolute Gasteiger partial charge is 0.337 e. The number of methoxy groups -OCH3 is 1. The number of carboxylic acid groups (broad SMARTS) is 1. The van der Waals surface area contributed by atoms with Crippen molar-refractivity contribution in [2.45, 2.75) is 24.9 Å². The van der Waals surface area contributed by atoms with Crippen LogP contribution in [0.15, 0.2) is 34.3 Å². The van der Waals surface area contributed by atoms with Crippen LogP contribution < -0.4 is 5.11 Å². The van der Waals surface area contributed by atoms with E-state index in [0.29, 0.717) is 22.1 Å². The second-order valence-corrected chi connectivity index (χ2v) is 5.84. The van der Waals surface area contributed by atoms with Gasteiger partial charge in [-0.1, -0.05) is 19.1 Å². The summed E-state index contributed by atoms with van der Waals surface area (Å²) in [6, 6.07) is 6.36. The van der Waals surface area contributed by atoms with E-state index in [0.717, 1.165) is 24.6 Å². The fourth-order valence-corrected chi connectivity index (χ4v) is 2.61. The number of nitrogens with one attached hydrogen (secondary N) is 1. The molecule has 2 rings (SSSR count). The van der Waals surface area contributed by atoms with E-state index in [1.54, 1.807) is 24.3 Å². The fraction of sp³-hybridized carbons (Fsp3) is 0.250. The lowest BCUT2D eigenvalue weighted by molar-refractivity contribution is -0.298. The lowest BCUT2D eigenvalue weighted by atomic mass is 10.1. The number of thioether (sulfide) groups is 1. The first-order chi connectivity index (χ1) is 11.5. The van der Waals surface area contributed by atoms with Gasteiger partial charge in [0, 0.05) is 11.3 Å². The molecule has 0 atom stereocenters. The average Bonchev–Trinajstić information content (AvgIpc) is 3.01. The van der Waals surface area contributed by atoms with Gasteiger partial charge in [-0.05, 0) is 42.0 Å². The first-order valence-electron chi connectivity index (χ1n) is 7.24. The minimum atomic E-state index is -1.32. The Balaban J connectivity index is 2.18. The zero-order chi connectivity index (χ0) is 17.5. The molecule has 2 aromatic rings. The summed E-state index contributed by atoms with van der Waals surface area (Å²) in [5, 5.41) is 18.4. The number of H-pyrrole nitrogens is 1. The van der Waals surface area contributed by atoms with Gasteiger partial charge < -0.3 is 14.6 Å². The van der Waals surface area contributed by atoms with Crippen LogP contribution in [0.3, 0.4) is 0 Å². The SMILES string of the molecule is CCCc1nc(S/C(=C\c2ccc(C(=O)OC)cc2)C(=O)[O-])n[nH]1. The van der Waals surface area contributed by atoms with Crippen molar-refractivity contribution in [3.8, 4) is 0 Å². The standard InChI is InChI=1S/C16H17N3O4S/c1-3-4-13-17-16(19-18-13)24-12(14(20)21)9-10-5-7-11(8-6-10)15(22)23-2/h5-9H,3-4H2,1-2H3,(H,20,21)(H,17,18,19)/p-1/b12-9-. The number of hydrogen-bond donors (Lipinski definition) is 1. The van der Waals surface area contributed by atoms with Crippen LogP contribution in [0.25, 0.3) is 6.08 Å². The molecule has 0 spiro atoms. The minimum absolute atomic E-state index is 0.0251. The molecule has 24 heavy (non-hydrogen) atoms. The Morgan fingerprint density at radius 1 is 1.33 bits per heavy atom. The number of esters is 1. The van der Waals surface area contributed by atoms with Gasteiger partial charge in [-0.2, -0.15) is 0 Å². The normalized spacial score (nSPS) is 11.3. The number of aryl methyl sites for hydroxylation is 1. The second kappa shape index (κ2) is 8.30. The van der Waals surface area contributed by atoms with Crippen LogP contribution in [-0.4, -0.2) is 34.2 Å². The average molecular weight is 346 g/mol. The van der Waals surface area contributed by atoms with E-state index in [4.69, 9.17) is 0 Å². The summed E-state index contributed by atoms with van der Waals surface area (Å²) in [7, 11) is 1.30. The molecular formula is C16H16N3O4S-. The molecule has 7 nitrogen and oxygen atoms in total. The largest absolute Gasteiger partial charge is 0.544 e. The van der Waals surface area contributed by atoms with Crippen molar-refractivity contribution >= 4 is 29.8 Å². The quantitative estimate of drug-likeness (QED) is 0.459. The number of benzene rings is 1. The van der Waals surface area contributed by atoms with Crippen molar-refractivity contribution in [1.29, 1.82) is 0 Å². The Labute approximate surface area is 143 Å². The van der Waals surface area contributed by atoms with E-state index < -0.39 is 11.9 Å². The van der Waals surface area contributed by atoms with Crippen LogP contribution in [0.5, 0.6) is 0 Å². The van der Waals surface area contributed by atoms with Gasteiger partial charge in [0.25, 0.3) is 0 Å². The lowest BCUT2D eigenvalue weighted by Gasteiger charge is -2.06. The molecule has 1 heterocycles. The number of aromatic nitrogens is 3. The van der Waals surface area contributed by atoms with E-state index in [2.05, 4.69) is 19.9 Å². The highest BCUT2D eigenvalue weighted by Gasteiger charge is 2.09. The van der Waals surface area contributed by atoms with Crippen LogP contribution >= 0.6 is 11.8 Å². The Morgan fingerprint density at radius 3 is 2.62 bits per heavy atom. The summed E-state index contributed by atoms with van der Waals surface area (Å²) in [6.45, 7) is 2.01. The Bertz CT molecular complexity index is 753. The van der Waals surface area contributed by atoms with E-state index in [1.165, 1.54) is 13.2 Å². The highest BCUT2D eigenvalue weighted by molar-refractivity contribution is 8.04. The van der Waals surface area contributed by atoms with Gasteiger partial charge in [0.1, 0.15) is 5.82 Å². The van der Waals surface area contributed by atoms with Crippen LogP contribution in [0.1, 0.15) is 35.1 Å². The molecule has 0 radical (unpaired) electrons. The van der Waals surface area contributed by atoms with Crippen LogP contribution in [0, 0.1) is 0 Å². The number of rotatable bonds is 7. The number of hydrogen-bond acceptors (Lipinski definition) is 7. The molecule has 0 saturated heterocycles. The van der Waals surface area contributed by atoms with E-state index in [-0.39, 0.29) is 4.91 Å². The lowest BCUT2D eigenvalue weighted by Crippen LogP contribution is -2.23. The van der Waals surface area contributed by atoms with Gasteiger partial charge in [0.2, 0.25) is 5.16 Å². The highest BCUT2D eigenvalue weighted by Crippen LogP contribution is 2.25. The van der Waals surface area contributed by atoms with Crippen molar-refractivity contribution in [2.75, 3.05) is 7.11 Å². The molecule has 0 aliphatic carbocycles. The third kappa shape index (κ3) is 4.69. The number of nitrogens with zero attached hydrogens (tertiary/aromatic N) is 2. The molecular weight excluding hydrogens is 330 g/mol. The van der Waals surface area contributed by atoms with E-state index in [1.807, 2.05) is 6.92 Å². The maximum atomic E-state index is 11.4. The van der Waals surface area contributed by atoms with Crippen LogP contribution in [0.2, 0.25) is 0 Å². The predicted molar refractivity (Wildman–Crippen MR) is 87.0 cm³/mol. The predicted octanol–water partition coefficient (Wildman–Crippen LogP) is 1.43. The van der Waals surface area contributed by atoms with Crippen molar-refractivity contribution in [3.05, 3.63) is 46.1 Å². The topological polar surface area (TPSA) is 108 Å². The van der Waals surface area contributed by atoms with Crippen molar-refractivity contribution in [3.63, 3.8) is 0 Å². The summed E-state index contributed by atoms with van der Waals surface area (Å²) in [5.74, 6) is -1.07. The van der Waals surface area contributed by atoms with Gasteiger partial charge in [-0.15, -0.1) is 5.10 Å². The molecule has 0 bridgehead atoms. The van der Waals surface area contributed by atoms with Gasteiger partial charge in [0.15, 0.2) is 0 Å². The van der Waals surface area contributed by atoms with Crippen LogP contribution in [0.4, 0.5) is 0 Å². The van der Waals surface area contributed by atoms with Crippen molar-refractivity contribution < 1.29 is 19.4 Å². The molecule has 0 unspecified atom stereocenters. The van der Waals surface area contributed by atoms with Crippen molar-refractivity contribution in [2.24, 2.45) is 0 Å². The summed E-state index contributed by atoms with van der Waals surface area (Å²) >= 11 is 0.907. The Hall–Kier alpha value is -2.61. The summed E-state index contributed by atoms with van der Waals surface area (Å²) < 4.78 is 4.61. The molecule has 8 heteroatoms. The molecule has 1 aromatic carbocycles. The molecule has 0 aliphatic rings. The number of aromatic amines is 1. The third-order valence-corrected chi connectivity index (χ3v) is 3.90. The number of ether oxygens (including phenoxy) is 1. The number of carboxylic acids is 1.